The Balaban J connectivity index is 1.14. The quantitative estimate of drug-likeness (QED) is 0.415. The van der Waals surface area contributed by atoms with Gasteiger partial charge in [-0.25, -0.2) is 0 Å². The van der Waals surface area contributed by atoms with Crippen LogP contribution >= 0.6 is 11.3 Å². The van der Waals surface area contributed by atoms with Gasteiger partial charge >= 0.3 is 5.97 Å². The fourth-order valence-corrected chi connectivity index (χ4v) is 6.19. The van der Waals surface area contributed by atoms with E-state index < -0.39 is 0 Å². The zero-order valence-corrected chi connectivity index (χ0v) is 21.3. The maximum absolute atomic E-state index is 12.0. The number of benzene rings is 2. The zero-order valence-electron chi connectivity index (χ0n) is 20.4. The third-order valence-electron chi connectivity index (χ3n) is 7.24. The van der Waals surface area contributed by atoms with Crippen molar-refractivity contribution in [3.05, 3.63) is 65.2 Å². The molecule has 1 aliphatic carbocycles. The van der Waals surface area contributed by atoms with Gasteiger partial charge in [-0.3, -0.25) is 9.69 Å². The smallest absolute Gasteiger partial charge is 0.308 e. The van der Waals surface area contributed by atoms with E-state index in [4.69, 9.17) is 4.74 Å². The molecule has 3 aromatic rings. The molecule has 1 aromatic heterocycles. The molecule has 5 rings (SSSR count). The highest BCUT2D eigenvalue weighted by molar-refractivity contribution is 7.14. The number of nitrogens with zero attached hydrogens (tertiary/aromatic N) is 4. The van der Waals surface area contributed by atoms with Crippen molar-refractivity contribution in [3.63, 3.8) is 0 Å². The third kappa shape index (κ3) is 5.90. The summed E-state index contributed by atoms with van der Waals surface area (Å²) in [6.07, 6.45) is 3.72. The number of piperazine rings is 1. The van der Waals surface area contributed by atoms with Gasteiger partial charge in [0.15, 0.2) is 0 Å². The van der Waals surface area contributed by atoms with Gasteiger partial charge in [0.05, 0.1) is 12.5 Å². The van der Waals surface area contributed by atoms with Crippen molar-refractivity contribution in [3.8, 4) is 10.6 Å². The Kier molecular flexibility index (Phi) is 7.74. The van der Waals surface area contributed by atoms with Gasteiger partial charge in [0, 0.05) is 49.9 Å². The van der Waals surface area contributed by atoms with Crippen LogP contribution < -0.4 is 4.90 Å². The summed E-state index contributed by atoms with van der Waals surface area (Å²) in [4.78, 5) is 17.0. The van der Waals surface area contributed by atoms with Crippen LogP contribution in [-0.4, -0.2) is 53.9 Å². The molecule has 35 heavy (non-hydrogen) atoms. The number of esters is 1. The lowest BCUT2D eigenvalue weighted by molar-refractivity contribution is -0.149. The van der Waals surface area contributed by atoms with Gasteiger partial charge in [0.1, 0.15) is 10.0 Å². The van der Waals surface area contributed by atoms with Crippen LogP contribution in [0.15, 0.2) is 54.6 Å². The second-order valence-electron chi connectivity index (χ2n) is 9.54. The number of ether oxygens (including phenoxy) is 1. The van der Waals surface area contributed by atoms with Gasteiger partial charge in [0.25, 0.3) is 0 Å². The molecule has 0 unspecified atom stereocenters. The molecule has 6 nitrogen and oxygen atoms in total. The molecule has 184 valence electrons. The molecule has 0 radical (unpaired) electrons. The van der Waals surface area contributed by atoms with Crippen molar-refractivity contribution >= 4 is 23.0 Å². The molecule has 2 aliphatic rings. The van der Waals surface area contributed by atoms with Crippen molar-refractivity contribution < 1.29 is 9.53 Å². The highest BCUT2D eigenvalue weighted by Gasteiger charge is 2.29. The van der Waals surface area contributed by atoms with Crippen molar-refractivity contribution in [1.29, 1.82) is 0 Å². The maximum Gasteiger partial charge on any atom is 0.308 e. The normalized spacial score (nSPS) is 21.1. The number of hydrogen-bond acceptors (Lipinski definition) is 7. The van der Waals surface area contributed by atoms with Crippen LogP contribution in [0, 0.1) is 5.92 Å². The summed E-state index contributed by atoms with van der Waals surface area (Å²) < 4.78 is 5.20. The minimum absolute atomic E-state index is 0.0402. The zero-order chi connectivity index (χ0) is 24.0. The Morgan fingerprint density at radius 3 is 2.34 bits per heavy atom. The average molecular weight is 491 g/mol. The van der Waals surface area contributed by atoms with E-state index in [2.05, 4.69) is 74.6 Å². The standard InChI is InChI=1S/C28H34N4O2S/c1-2-34-28(33)24-10-8-22(9-11-24)26-29-30-27(35-26)23-12-14-25(15-13-23)32-18-16-31(17-19-32)20-21-6-4-3-5-7-21/h3-7,12-15,22,24H,2,8-11,16-20H2,1H3. The Morgan fingerprint density at radius 2 is 1.66 bits per heavy atom. The molecule has 2 fully saturated rings. The summed E-state index contributed by atoms with van der Waals surface area (Å²) in [5, 5.41) is 11.1. The number of rotatable bonds is 7. The first kappa shape index (κ1) is 23.9. The van der Waals surface area contributed by atoms with Crippen LogP contribution in [0.3, 0.4) is 0 Å². The molecule has 0 spiro atoms. The van der Waals surface area contributed by atoms with Crippen molar-refractivity contribution in [2.75, 3.05) is 37.7 Å². The molecule has 7 heteroatoms. The van der Waals surface area contributed by atoms with E-state index in [9.17, 15) is 4.79 Å². The van der Waals surface area contributed by atoms with Crippen LogP contribution in [0.4, 0.5) is 5.69 Å². The van der Waals surface area contributed by atoms with Gasteiger partial charge < -0.3 is 9.64 Å². The van der Waals surface area contributed by atoms with Crippen molar-refractivity contribution in [2.24, 2.45) is 5.92 Å². The lowest BCUT2D eigenvalue weighted by Crippen LogP contribution is -2.45. The van der Waals surface area contributed by atoms with Gasteiger partial charge in [0.2, 0.25) is 0 Å². The lowest BCUT2D eigenvalue weighted by Gasteiger charge is -2.36. The Morgan fingerprint density at radius 1 is 0.943 bits per heavy atom. The maximum atomic E-state index is 12.0. The molecule has 0 N–H and O–H groups in total. The predicted molar refractivity (Wildman–Crippen MR) is 141 cm³/mol. The largest absolute Gasteiger partial charge is 0.466 e. The molecular formula is C28H34N4O2S. The molecule has 0 bridgehead atoms. The van der Waals surface area contributed by atoms with Crippen molar-refractivity contribution in [1.82, 2.24) is 15.1 Å². The third-order valence-corrected chi connectivity index (χ3v) is 8.37. The Labute approximate surface area is 211 Å². The average Bonchev–Trinajstić information content (AvgIpc) is 3.41. The predicted octanol–water partition coefficient (Wildman–Crippen LogP) is 5.36. The molecule has 1 saturated carbocycles. The van der Waals surface area contributed by atoms with Gasteiger partial charge in [-0.05, 0) is 62.4 Å². The van der Waals surface area contributed by atoms with Gasteiger partial charge in [-0.1, -0.05) is 41.7 Å². The Bertz CT molecular complexity index is 1090. The number of carbonyl (C=O) groups excluding carboxylic acids is 1. The topological polar surface area (TPSA) is 58.6 Å². The van der Waals surface area contributed by atoms with Crippen LogP contribution in [0.2, 0.25) is 0 Å². The molecule has 0 amide bonds. The van der Waals surface area contributed by atoms with Crippen LogP contribution in [-0.2, 0) is 16.1 Å². The van der Waals surface area contributed by atoms with E-state index in [1.807, 2.05) is 6.92 Å². The molecule has 0 atom stereocenters. The number of hydrogen-bond donors (Lipinski definition) is 0. The van der Waals surface area contributed by atoms with Crippen LogP contribution in [0.25, 0.3) is 10.6 Å². The lowest BCUT2D eigenvalue weighted by atomic mass is 9.82. The minimum Gasteiger partial charge on any atom is -0.466 e. The fraction of sp³-hybridized carbons (Fsp3) is 0.464. The fourth-order valence-electron chi connectivity index (χ4n) is 5.17. The second kappa shape index (κ2) is 11.3. The van der Waals surface area contributed by atoms with Gasteiger partial charge in [-0.2, -0.15) is 0 Å². The number of anilines is 1. The molecule has 1 saturated heterocycles. The van der Waals surface area contributed by atoms with E-state index >= 15 is 0 Å². The van der Waals surface area contributed by atoms with Crippen LogP contribution in [0.1, 0.15) is 49.1 Å². The molecule has 2 aromatic carbocycles. The summed E-state index contributed by atoms with van der Waals surface area (Å²) in [6.45, 7) is 7.60. The summed E-state index contributed by atoms with van der Waals surface area (Å²) in [5.74, 6) is 0.409. The van der Waals surface area contributed by atoms with E-state index in [0.29, 0.717) is 12.5 Å². The van der Waals surface area contributed by atoms with E-state index in [-0.39, 0.29) is 11.9 Å². The molecule has 2 heterocycles. The van der Waals surface area contributed by atoms with Crippen molar-refractivity contribution in [2.45, 2.75) is 45.1 Å². The van der Waals surface area contributed by atoms with Gasteiger partial charge in [-0.15, -0.1) is 10.2 Å². The first-order valence-corrected chi connectivity index (χ1v) is 13.6. The van der Waals surface area contributed by atoms with E-state index in [1.165, 1.54) is 11.3 Å². The first-order chi connectivity index (χ1) is 17.2. The second-order valence-corrected chi connectivity index (χ2v) is 10.6. The number of aromatic nitrogens is 2. The number of carbonyl (C=O) groups is 1. The first-order valence-electron chi connectivity index (χ1n) is 12.8. The van der Waals surface area contributed by atoms with Crippen LogP contribution in [0.5, 0.6) is 0 Å². The monoisotopic (exact) mass is 490 g/mol. The van der Waals surface area contributed by atoms with E-state index in [1.54, 1.807) is 11.3 Å². The highest BCUT2D eigenvalue weighted by Crippen LogP contribution is 2.39. The minimum atomic E-state index is -0.0402. The summed E-state index contributed by atoms with van der Waals surface area (Å²) in [6, 6.07) is 19.5. The summed E-state index contributed by atoms with van der Waals surface area (Å²) in [7, 11) is 0. The molecular weight excluding hydrogens is 456 g/mol. The van der Waals surface area contributed by atoms with E-state index in [0.717, 1.165) is 74.0 Å². The Hall–Kier alpha value is -2.77. The SMILES string of the molecule is CCOC(=O)C1CCC(c2nnc(-c3ccc(N4CCN(Cc5ccccc5)CC4)cc3)s2)CC1. The summed E-state index contributed by atoms with van der Waals surface area (Å²) in [5.41, 5.74) is 3.78. The molecule has 1 aliphatic heterocycles. The highest BCUT2D eigenvalue weighted by atomic mass is 32.1. The summed E-state index contributed by atoms with van der Waals surface area (Å²) >= 11 is 1.70.